The van der Waals surface area contributed by atoms with Gasteiger partial charge in [0.2, 0.25) is 0 Å². The molecule has 0 radical (unpaired) electrons. The van der Waals surface area contributed by atoms with Gasteiger partial charge in [-0.25, -0.2) is 0 Å². The van der Waals surface area contributed by atoms with Crippen LogP contribution in [0, 0.1) is 11.3 Å². The molecule has 1 aromatic heterocycles. The lowest BCUT2D eigenvalue weighted by molar-refractivity contribution is 0.263. The van der Waals surface area contributed by atoms with E-state index >= 15 is 0 Å². The topological polar surface area (TPSA) is 27.0 Å². The van der Waals surface area contributed by atoms with Crippen molar-refractivity contribution >= 4 is 27.3 Å². The van der Waals surface area contributed by atoms with E-state index in [9.17, 15) is 0 Å². The van der Waals surface area contributed by atoms with E-state index in [-0.39, 0.29) is 0 Å². The number of thiophene rings is 1. The van der Waals surface area contributed by atoms with Gasteiger partial charge in [0.1, 0.15) is 0 Å². The molecule has 0 spiro atoms. The first kappa shape index (κ1) is 11.1. The lowest BCUT2D eigenvalue weighted by Gasteiger charge is -2.19. The first-order chi connectivity index (χ1) is 7.29. The maximum absolute atomic E-state index is 8.61. The van der Waals surface area contributed by atoms with Crippen LogP contribution in [0.5, 0.6) is 0 Å². The molecule has 0 aromatic carbocycles. The molecule has 0 aliphatic heterocycles. The highest BCUT2D eigenvalue weighted by molar-refractivity contribution is 9.10. The summed E-state index contributed by atoms with van der Waals surface area (Å²) in [7, 11) is 0. The first-order valence-electron chi connectivity index (χ1n) is 5.13. The Morgan fingerprint density at radius 2 is 2.40 bits per heavy atom. The largest absolute Gasteiger partial charge is 0.294 e. The molecule has 0 bridgehead atoms. The molecule has 80 valence electrons. The molecule has 1 aliphatic rings. The molecule has 15 heavy (non-hydrogen) atoms. The monoisotopic (exact) mass is 284 g/mol. The van der Waals surface area contributed by atoms with E-state index < -0.39 is 0 Å². The van der Waals surface area contributed by atoms with Crippen LogP contribution in [0.15, 0.2) is 15.9 Å². The van der Waals surface area contributed by atoms with Crippen LogP contribution < -0.4 is 0 Å². The van der Waals surface area contributed by atoms with Crippen LogP contribution in [0.1, 0.15) is 24.1 Å². The number of nitriles is 1. The Hall–Kier alpha value is -0.370. The molecule has 1 saturated carbocycles. The maximum atomic E-state index is 8.61. The van der Waals surface area contributed by atoms with Crippen LogP contribution in [0.25, 0.3) is 0 Å². The van der Waals surface area contributed by atoms with E-state index in [2.05, 4.69) is 38.3 Å². The average Bonchev–Trinajstić information content (AvgIpc) is 2.98. The van der Waals surface area contributed by atoms with Gasteiger partial charge in [-0.15, -0.1) is 11.3 Å². The van der Waals surface area contributed by atoms with E-state index in [4.69, 9.17) is 5.26 Å². The zero-order valence-electron chi connectivity index (χ0n) is 8.45. The standard InChI is InChI=1S/C11H13BrN2S/c12-9-6-11(15-8-9)7-14(5-1-4-13)10-2-3-10/h6,8,10H,1-3,5,7H2. The SMILES string of the molecule is N#CCCN(Cc1cc(Br)cs1)C1CC1. The number of rotatable bonds is 5. The summed E-state index contributed by atoms with van der Waals surface area (Å²) in [6.07, 6.45) is 3.25. The lowest BCUT2D eigenvalue weighted by Crippen LogP contribution is -2.26. The highest BCUT2D eigenvalue weighted by Crippen LogP contribution is 2.30. The predicted molar refractivity (Wildman–Crippen MR) is 65.7 cm³/mol. The summed E-state index contributed by atoms with van der Waals surface area (Å²) in [6, 6.07) is 5.13. The first-order valence-corrected chi connectivity index (χ1v) is 6.81. The molecule has 4 heteroatoms. The van der Waals surface area contributed by atoms with Crippen molar-refractivity contribution < 1.29 is 0 Å². The third-order valence-electron chi connectivity index (χ3n) is 2.55. The molecular weight excluding hydrogens is 272 g/mol. The van der Waals surface area contributed by atoms with Gasteiger partial charge in [0, 0.05) is 40.3 Å². The van der Waals surface area contributed by atoms with E-state index in [0.29, 0.717) is 6.42 Å². The van der Waals surface area contributed by atoms with Crippen molar-refractivity contribution in [1.29, 1.82) is 5.26 Å². The molecule has 0 saturated heterocycles. The quantitative estimate of drug-likeness (QED) is 0.829. The molecule has 1 aliphatic carbocycles. The Morgan fingerprint density at radius 3 is 2.93 bits per heavy atom. The van der Waals surface area contributed by atoms with Gasteiger partial charge in [0.05, 0.1) is 6.07 Å². The minimum absolute atomic E-state index is 0.642. The van der Waals surface area contributed by atoms with Gasteiger partial charge < -0.3 is 0 Å². The van der Waals surface area contributed by atoms with Gasteiger partial charge in [0.25, 0.3) is 0 Å². The summed E-state index contributed by atoms with van der Waals surface area (Å²) in [5, 5.41) is 10.7. The maximum Gasteiger partial charge on any atom is 0.0635 e. The Bertz CT molecular complexity index is 365. The lowest BCUT2D eigenvalue weighted by atomic mass is 10.3. The van der Waals surface area contributed by atoms with E-state index in [0.717, 1.165) is 19.1 Å². The fourth-order valence-electron chi connectivity index (χ4n) is 1.66. The zero-order valence-corrected chi connectivity index (χ0v) is 10.9. The van der Waals surface area contributed by atoms with Crippen molar-refractivity contribution in [3.05, 3.63) is 20.8 Å². The molecule has 2 nitrogen and oxygen atoms in total. The van der Waals surface area contributed by atoms with Gasteiger partial charge in [-0.3, -0.25) is 4.90 Å². The van der Waals surface area contributed by atoms with E-state index in [1.54, 1.807) is 11.3 Å². The molecule has 0 N–H and O–H groups in total. The minimum Gasteiger partial charge on any atom is -0.294 e. The fourth-order valence-corrected chi connectivity index (χ4v) is 3.14. The number of hydrogen-bond donors (Lipinski definition) is 0. The van der Waals surface area contributed by atoms with Gasteiger partial charge in [-0.2, -0.15) is 5.26 Å². The Kier molecular flexibility index (Phi) is 3.79. The molecule has 0 unspecified atom stereocenters. The normalized spacial score (nSPS) is 15.5. The molecule has 1 fully saturated rings. The second kappa shape index (κ2) is 5.11. The van der Waals surface area contributed by atoms with Crippen LogP contribution in [0.3, 0.4) is 0 Å². The fraction of sp³-hybridized carbons (Fsp3) is 0.545. The van der Waals surface area contributed by atoms with Gasteiger partial charge in [-0.05, 0) is 34.8 Å². The van der Waals surface area contributed by atoms with Crippen molar-refractivity contribution in [3.63, 3.8) is 0 Å². The second-order valence-electron chi connectivity index (χ2n) is 3.84. The summed E-state index contributed by atoms with van der Waals surface area (Å²) in [4.78, 5) is 3.81. The summed E-state index contributed by atoms with van der Waals surface area (Å²) in [5.41, 5.74) is 0. The van der Waals surface area contributed by atoms with Crippen LogP contribution in [-0.2, 0) is 6.54 Å². The summed E-state index contributed by atoms with van der Waals surface area (Å²) in [6.45, 7) is 1.92. The van der Waals surface area contributed by atoms with Crippen molar-refractivity contribution in [2.75, 3.05) is 6.54 Å². The zero-order chi connectivity index (χ0) is 10.7. The van der Waals surface area contributed by atoms with E-state index in [1.165, 1.54) is 22.2 Å². The van der Waals surface area contributed by atoms with E-state index in [1.807, 2.05) is 0 Å². The van der Waals surface area contributed by atoms with Crippen LogP contribution in [-0.4, -0.2) is 17.5 Å². The molecule has 0 amide bonds. The van der Waals surface area contributed by atoms with Crippen molar-refractivity contribution in [1.82, 2.24) is 4.90 Å². The van der Waals surface area contributed by atoms with Crippen molar-refractivity contribution in [3.8, 4) is 6.07 Å². The number of nitrogens with zero attached hydrogens (tertiary/aromatic N) is 2. The third kappa shape index (κ3) is 3.30. The summed E-state index contributed by atoms with van der Waals surface area (Å²) in [5.74, 6) is 0. The predicted octanol–water partition coefficient (Wildman–Crippen LogP) is 3.39. The Balaban J connectivity index is 1.91. The highest BCUT2D eigenvalue weighted by Gasteiger charge is 2.28. The van der Waals surface area contributed by atoms with Gasteiger partial charge >= 0.3 is 0 Å². The third-order valence-corrected chi connectivity index (χ3v) is 4.24. The minimum atomic E-state index is 0.642. The van der Waals surface area contributed by atoms with Gasteiger partial charge in [0.15, 0.2) is 0 Å². The molecule has 1 aromatic rings. The molecule has 1 heterocycles. The van der Waals surface area contributed by atoms with Gasteiger partial charge in [-0.1, -0.05) is 0 Å². The Labute approximate surface area is 103 Å². The number of hydrogen-bond acceptors (Lipinski definition) is 3. The molecule has 0 atom stereocenters. The summed E-state index contributed by atoms with van der Waals surface area (Å²) < 4.78 is 1.17. The highest BCUT2D eigenvalue weighted by atomic mass is 79.9. The van der Waals surface area contributed by atoms with Crippen molar-refractivity contribution in [2.24, 2.45) is 0 Å². The van der Waals surface area contributed by atoms with Crippen LogP contribution in [0.2, 0.25) is 0 Å². The number of halogens is 1. The van der Waals surface area contributed by atoms with Crippen LogP contribution >= 0.6 is 27.3 Å². The summed E-state index contributed by atoms with van der Waals surface area (Å²) >= 11 is 5.25. The second-order valence-corrected chi connectivity index (χ2v) is 5.75. The van der Waals surface area contributed by atoms with Crippen LogP contribution in [0.4, 0.5) is 0 Å². The smallest absolute Gasteiger partial charge is 0.0635 e. The molecular formula is C11H13BrN2S. The van der Waals surface area contributed by atoms with Crippen molar-refractivity contribution in [2.45, 2.75) is 31.8 Å². The average molecular weight is 285 g/mol. The Morgan fingerprint density at radius 1 is 1.60 bits per heavy atom. The molecule has 2 rings (SSSR count).